The number of halogens is 2. The van der Waals surface area contributed by atoms with Crippen molar-refractivity contribution in [1.29, 1.82) is 0 Å². The fourth-order valence-electron chi connectivity index (χ4n) is 5.80. The maximum absolute atomic E-state index is 15.0. The standard InChI is InChI=1S/C25H27ClFN5O4/c1-13-10-32-14(5-6-18(32)34)11-31(13)24-20-23(36-12-15-9-28-7-8-30(15)25(20)35)21(26)22(29-24)19-16(27)3-2-4-17(19)33/h2-4,13-15,28,33H,5-12H2,1H3/t13-,14?,15+/m0/s1. The van der Waals surface area contributed by atoms with Crippen molar-refractivity contribution in [3.63, 3.8) is 0 Å². The Morgan fingerprint density at radius 3 is 2.81 bits per heavy atom. The number of anilines is 1. The molecule has 1 unspecified atom stereocenters. The maximum Gasteiger partial charge on any atom is 0.261 e. The molecule has 3 saturated heterocycles. The number of aromatic nitrogens is 1. The summed E-state index contributed by atoms with van der Waals surface area (Å²) in [7, 11) is 0. The molecular weight excluding hydrogens is 489 g/mol. The third kappa shape index (κ3) is 3.57. The molecular formula is C25H27ClFN5O4. The number of phenolic OH excluding ortho intramolecular Hbond substituents is 1. The summed E-state index contributed by atoms with van der Waals surface area (Å²) in [4.78, 5) is 36.8. The smallest absolute Gasteiger partial charge is 0.261 e. The molecule has 3 fully saturated rings. The van der Waals surface area contributed by atoms with Gasteiger partial charge in [0.1, 0.15) is 40.3 Å². The third-order valence-electron chi connectivity index (χ3n) is 7.67. The molecule has 1 aromatic heterocycles. The fourth-order valence-corrected chi connectivity index (χ4v) is 6.08. The molecule has 0 radical (unpaired) electrons. The first kappa shape index (κ1) is 23.3. The van der Waals surface area contributed by atoms with Gasteiger partial charge in [0.25, 0.3) is 5.91 Å². The van der Waals surface area contributed by atoms with Gasteiger partial charge in [-0.05, 0) is 25.5 Å². The number of hydrogen-bond acceptors (Lipinski definition) is 7. The van der Waals surface area contributed by atoms with Gasteiger partial charge in [-0.3, -0.25) is 9.59 Å². The first-order valence-electron chi connectivity index (χ1n) is 12.3. The van der Waals surface area contributed by atoms with E-state index in [-0.39, 0.29) is 69.9 Å². The molecule has 36 heavy (non-hydrogen) atoms. The van der Waals surface area contributed by atoms with Crippen molar-refractivity contribution in [2.75, 3.05) is 44.2 Å². The van der Waals surface area contributed by atoms with E-state index in [9.17, 15) is 19.1 Å². The number of carbonyl (C=O) groups is 2. The van der Waals surface area contributed by atoms with Crippen molar-refractivity contribution in [3.8, 4) is 22.8 Å². The van der Waals surface area contributed by atoms with E-state index in [4.69, 9.17) is 21.3 Å². The molecule has 4 aliphatic rings. The Morgan fingerprint density at radius 1 is 1.17 bits per heavy atom. The average Bonchev–Trinajstić information content (AvgIpc) is 3.14. The summed E-state index contributed by atoms with van der Waals surface area (Å²) in [6, 6.07) is 3.65. The van der Waals surface area contributed by atoms with E-state index in [1.54, 1.807) is 4.90 Å². The number of fused-ring (bicyclic) bond motifs is 3. The van der Waals surface area contributed by atoms with Crippen LogP contribution < -0.4 is 15.0 Å². The molecule has 2 amide bonds. The van der Waals surface area contributed by atoms with E-state index in [0.717, 1.165) is 6.42 Å². The van der Waals surface area contributed by atoms with Crippen LogP contribution in [0, 0.1) is 5.82 Å². The van der Waals surface area contributed by atoms with Crippen LogP contribution in [0.2, 0.25) is 5.02 Å². The number of nitrogens with one attached hydrogen (secondary N) is 1. The average molecular weight is 516 g/mol. The summed E-state index contributed by atoms with van der Waals surface area (Å²) in [6.07, 6.45) is 1.22. The van der Waals surface area contributed by atoms with E-state index in [1.165, 1.54) is 18.2 Å². The number of rotatable bonds is 2. The zero-order valence-corrected chi connectivity index (χ0v) is 20.6. The van der Waals surface area contributed by atoms with Gasteiger partial charge < -0.3 is 29.9 Å². The number of phenols is 1. The van der Waals surface area contributed by atoms with Crippen LogP contribution in [0.15, 0.2) is 18.2 Å². The van der Waals surface area contributed by atoms with Crippen LogP contribution in [0.25, 0.3) is 11.3 Å². The molecule has 2 aromatic rings. The van der Waals surface area contributed by atoms with Crippen molar-refractivity contribution in [1.82, 2.24) is 20.1 Å². The Kier molecular flexibility index (Phi) is 5.68. The maximum atomic E-state index is 15.0. The number of pyridine rings is 1. The van der Waals surface area contributed by atoms with Gasteiger partial charge in [-0.15, -0.1) is 0 Å². The van der Waals surface area contributed by atoms with Crippen molar-refractivity contribution in [3.05, 3.63) is 34.6 Å². The lowest BCUT2D eigenvalue weighted by Crippen LogP contribution is -2.57. The second-order valence-corrected chi connectivity index (χ2v) is 10.2. The van der Waals surface area contributed by atoms with Crippen molar-refractivity contribution in [2.24, 2.45) is 0 Å². The second kappa shape index (κ2) is 8.77. The molecule has 4 aliphatic heterocycles. The van der Waals surface area contributed by atoms with Crippen LogP contribution in [0.5, 0.6) is 11.5 Å². The molecule has 1 aromatic carbocycles. The number of piperazine rings is 2. The molecule has 6 rings (SSSR count). The summed E-state index contributed by atoms with van der Waals surface area (Å²) >= 11 is 6.77. The highest BCUT2D eigenvalue weighted by Gasteiger charge is 2.43. The highest BCUT2D eigenvalue weighted by atomic mass is 35.5. The van der Waals surface area contributed by atoms with Gasteiger partial charge in [0.05, 0.1) is 11.6 Å². The molecule has 9 nitrogen and oxygen atoms in total. The van der Waals surface area contributed by atoms with E-state index in [0.29, 0.717) is 45.0 Å². The number of aromatic hydroxyl groups is 1. The second-order valence-electron chi connectivity index (χ2n) is 9.84. The van der Waals surface area contributed by atoms with Gasteiger partial charge in [-0.1, -0.05) is 17.7 Å². The van der Waals surface area contributed by atoms with Gasteiger partial charge in [-0.25, -0.2) is 9.37 Å². The predicted octanol–water partition coefficient (Wildman–Crippen LogP) is 2.25. The van der Waals surface area contributed by atoms with Crippen LogP contribution in [-0.4, -0.2) is 89.2 Å². The predicted molar refractivity (Wildman–Crippen MR) is 131 cm³/mol. The summed E-state index contributed by atoms with van der Waals surface area (Å²) in [5, 5.41) is 13.8. The van der Waals surface area contributed by atoms with Gasteiger partial charge in [0.2, 0.25) is 5.91 Å². The van der Waals surface area contributed by atoms with E-state index >= 15 is 0 Å². The van der Waals surface area contributed by atoms with Gasteiger partial charge in [0.15, 0.2) is 5.75 Å². The minimum atomic E-state index is -0.684. The molecule has 0 aliphatic carbocycles. The lowest BCUT2D eigenvalue weighted by molar-refractivity contribution is -0.129. The largest absolute Gasteiger partial charge is 0.507 e. The Labute approximate surface area is 212 Å². The van der Waals surface area contributed by atoms with Gasteiger partial charge >= 0.3 is 0 Å². The Bertz CT molecular complexity index is 1240. The molecule has 0 saturated carbocycles. The summed E-state index contributed by atoms with van der Waals surface area (Å²) in [6.45, 7) is 4.93. The van der Waals surface area contributed by atoms with Crippen molar-refractivity contribution >= 4 is 29.2 Å². The summed E-state index contributed by atoms with van der Waals surface area (Å²) < 4.78 is 21.1. The van der Waals surface area contributed by atoms with Crippen LogP contribution in [0.3, 0.4) is 0 Å². The number of nitrogens with zero attached hydrogens (tertiary/aromatic N) is 4. The van der Waals surface area contributed by atoms with E-state index < -0.39 is 5.82 Å². The van der Waals surface area contributed by atoms with Crippen molar-refractivity contribution < 1.29 is 23.8 Å². The number of carbonyl (C=O) groups excluding carboxylic acids is 2. The van der Waals surface area contributed by atoms with Crippen LogP contribution >= 0.6 is 11.6 Å². The highest BCUT2D eigenvalue weighted by molar-refractivity contribution is 6.35. The Hall–Kier alpha value is -3.11. The minimum absolute atomic E-state index is 0.000811. The van der Waals surface area contributed by atoms with E-state index in [2.05, 4.69) is 5.32 Å². The van der Waals surface area contributed by atoms with Gasteiger partial charge in [-0.2, -0.15) is 0 Å². The fraction of sp³-hybridized carbons (Fsp3) is 0.480. The van der Waals surface area contributed by atoms with Gasteiger partial charge in [0, 0.05) is 51.2 Å². The Balaban J connectivity index is 1.55. The molecule has 190 valence electrons. The van der Waals surface area contributed by atoms with Crippen LogP contribution in [0.1, 0.15) is 30.1 Å². The number of hydrogen-bond donors (Lipinski definition) is 2. The van der Waals surface area contributed by atoms with Crippen LogP contribution in [-0.2, 0) is 4.79 Å². The monoisotopic (exact) mass is 515 g/mol. The molecule has 0 spiro atoms. The number of amides is 2. The summed E-state index contributed by atoms with van der Waals surface area (Å²) in [5.41, 5.74) is 0.117. The number of ether oxygens (including phenoxy) is 1. The van der Waals surface area contributed by atoms with E-state index in [1.807, 2.05) is 16.7 Å². The third-order valence-corrected chi connectivity index (χ3v) is 8.02. The lowest BCUT2D eigenvalue weighted by Gasteiger charge is -2.43. The summed E-state index contributed by atoms with van der Waals surface area (Å²) in [5.74, 6) is -0.611. The first-order chi connectivity index (χ1) is 17.3. The first-order valence-corrected chi connectivity index (χ1v) is 12.6. The molecule has 11 heteroatoms. The zero-order valence-electron chi connectivity index (χ0n) is 19.8. The zero-order chi connectivity index (χ0) is 25.1. The molecule has 0 bridgehead atoms. The minimum Gasteiger partial charge on any atom is -0.507 e. The van der Waals surface area contributed by atoms with Crippen LogP contribution in [0.4, 0.5) is 10.2 Å². The quantitative estimate of drug-likeness (QED) is 0.633. The SMILES string of the molecule is C[C@H]1CN2C(=O)CCC2CN1c1nc(-c2c(O)cccc2F)c(Cl)c2c1C(=O)N1CCNC[C@@H]1CO2. The molecule has 2 N–H and O–H groups in total. The van der Waals surface area contributed by atoms with Crippen molar-refractivity contribution in [2.45, 2.75) is 37.9 Å². The normalized spacial score (nSPS) is 25.8. The molecule has 3 atom stereocenters. The topological polar surface area (TPSA) is 98.2 Å². The number of benzene rings is 1. The molecule has 5 heterocycles. The highest BCUT2D eigenvalue weighted by Crippen LogP contribution is 2.46. The Morgan fingerprint density at radius 2 is 2.00 bits per heavy atom. The lowest BCUT2D eigenvalue weighted by atomic mass is 10.0.